The molecule has 0 spiro atoms. The summed E-state index contributed by atoms with van der Waals surface area (Å²) in [7, 11) is 0. The van der Waals surface area contributed by atoms with Crippen LogP contribution < -0.4 is 5.32 Å². The normalized spacial score (nSPS) is 20.1. The second kappa shape index (κ2) is 35.9. The van der Waals surface area contributed by atoms with Crippen molar-refractivity contribution in [1.82, 2.24) is 5.32 Å². The van der Waals surface area contributed by atoms with Crippen LogP contribution in [-0.2, 0) is 75.5 Å². The predicted octanol–water partition coefficient (Wildman–Crippen LogP) is 15.3. The van der Waals surface area contributed by atoms with E-state index in [1.807, 2.05) is 121 Å². The molecule has 432 valence electrons. The molecule has 8 rings (SSSR count). The number of fused-ring (bicyclic) bond motifs is 1. The highest BCUT2D eigenvalue weighted by Crippen LogP contribution is 2.38. The number of nitrogens with one attached hydrogen (secondary N) is 1. The number of carbonyl (C=O) groups excluding carboxylic acids is 1. The average molecular weight is 1100 g/mol. The molecule has 2 fully saturated rings. The first-order chi connectivity index (χ1) is 40.1. The van der Waals surface area contributed by atoms with Gasteiger partial charge in [0.15, 0.2) is 12.6 Å². The molecular weight excluding hydrogens is 1010 g/mol. The minimum atomic E-state index is -0.969. The summed E-state index contributed by atoms with van der Waals surface area (Å²) in [6.45, 7) is 3.75. The molecule has 10 nitrogen and oxygen atoms in total. The molecule has 1 amide bonds. The summed E-state index contributed by atoms with van der Waals surface area (Å²) < 4.78 is 55.5. The Morgan fingerprint density at radius 2 is 1.04 bits per heavy atom. The second-order valence-corrected chi connectivity index (χ2v) is 21.7. The summed E-state index contributed by atoms with van der Waals surface area (Å²) in [6, 6.07) is 60.4. The maximum atomic E-state index is 14.5. The van der Waals surface area contributed by atoms with Crippen LogP contribution in [0.5, 0.6) is 0 Å². The van der Waals surface area contributed by atoms with E-state index in [2.05, 4.69) is 85.1 Å². The average Bonchev–Trinajstić information content (AvgIpc) is 3.68. The Morgan fingerprint density at radius 3 is 1.63 bits per heavy atom. The Balaban J connectivity index is 1.08. The second-order valence-electron chi connectivity index (χ2n) is 21.7. The molecule has 6 aromatic carbocycles. The van der Waals surface area contributed by atoms with E-state index < -0.39 is 55.2 Å². The number of benzene rings is 6. The molecule has 2 aliphatic rings. The van der Waals surface area contributed by atoms with E-state index in [-0.39, 0.29) is 25.7 Å². The number of hydrogen-bond acceptors (Lipinski definition) is 9. The molecular formula is C71H89NO9. The van der Waals surface area contributed by atoms with E-state index in [4.69, 9.17) is 37.9 Å². The van der Waals surface area contributed by atoms with Crippen LogP contribution >= 0.6 is 0 Å². The predicted molar refractivity (Wildman–Crippen MR) is 321 cm³/mol. The van der Waals surface area contributed by atoms with E-state index in [1.165, 1.54) is 56.9 Å². The van der Waals surface area contributed by atoms with E-state index in [9.17, 15) is 4.79 Å². The third kappa shape index (κ3) is 21.5. The first-order valence-electron chi connectivity index (χ1n) is 30.3. The Morgan fingerprint density at radius 1 is 0.531 bits per heavy atom. The third-order valence-electron chi connectivity index (χ3n) is 15.3. The molecule has 1 N–H and O–H groups in total. The van der Waals surface area contributed by atoms with Gasteiger partial charge in [-0.1, -0.05) is 259 Å². The highest BCUT2D eigenvalue weighted by atomic mass is 16.8. The monoisotopic (exact) mass is 1100 g/mol. The fourth-order valence-corrected chi connectivity index (χ4v) is 10.7. The van der Waals surface area contributed by atoms with Gasteiger partial charge < -0.3 is 43.2 Å². The number of aryl methyl sites for hydroxylation is 1. The van der Waals surface area contributed by atoms with Crippen molar-refractivity contribution in [2.24, 2.45) is 0 Å². The van der Waals surface area contributed by atoms with Gasteiger partial charge in [0, 0.05) is 12.0 Å². The van der Waals surface area contributed by atoms with Gasteiger partial charge in [-0.3, -0.25) is 4.79 Å². The summed E-state index contributed by atoms with van der Waals surface area (Å²) in [5.74, 6) is -0.0778. The Hall–Kier alpha value is -5.79. The molecule has 2 saturated heterocycles. The fourth-order valence-electron chi connectivity index (χ4n) is 10.7. The van der Waals surface area contributed by atoms with Crippen molar-refractivity contribution in [3.8, 4) is 0 Å². The number of hydrogen-bond donors (Lipinski definition) is 1. The molecule has 0 radical (unpaired) electrons. The number of unbranched alkanes of at least 4 members (excludes halogenated alkanes) is 11. The first kappa shape index (κ1) is 61.3. The number of carbonyl (C=O) groups is 1. The first-order valence-corrected chi connectivity index (χ1v) is 30.3. The lowest BCUT2D eigenvalue weighted by Crippen LogP contribution is -2.64. The third-order valence-corrected chi connectivity index (χ3v) is 15.3. The molecule has 81 heavy (non-hydrogen) atoms. The van der Waals surface area contributed by atoms with E-state index >= 15 is 0 Å². The summed E-state index contributed by atoms with van der Waals surface area (Å²) in [6.07, 6.45) is 16.3. The summed E-state index contributed by atoms with van der Waals surface area (Å²) in [5, 5.41) is 3.47. The van der Waals surface area contributed by atoms with Crippen molar-refractivity contribution in [2.45, 2.75) is 191 Å². The minimum Gasteiger partial charge on any atom is -0.370 e. The molecule has 1 unspecified atom stereocenters. The van der Waals surface area contributed by atoms with Crippen LogP contribution in [0.1, 0.15) is 143 Å². The van der Waals surface area contributed by atoms with Gasteiger partial charge in [-0.15, -0.1) is 0 Å². The molecule has 0 aliphatic carbocycles. The van der Waals surface area contributed by atoms with Crippen molar-refractivity contribution in [2.75, 3.05) is 13.2 Å². The Kier molecular flexibility index (Phi) is 27.2. The molecule has 6 aromatic rings. The lowest BCUT2D eigenvalue weighted by molar-refractivity contribution is -0.373. The molecule has 10 heteroatoms. The van der Waals surface area contributed by atoms with Crippen LogP contribution in [0.3, 0.4) is 0 Å². The van der Waals surface area contributed by atoms with Gasteiger partial charge in [-0.05, 0) is 66.3 Å². The zero-order valence-corrected chi connectivity index (χ0v) is 47.9. The lowest BCUT2D eigenvalue weighted by Gasteiger charge is -2.49. The van der Waals surface area contributed by atoms with Crippen molar-refractivity contribution in [3.05, 3.63) is 228 Å². The van der Waals surface area contributed by atoms with Gasteiger partial charge >= 0.3 is 0 Å². The quantitative estimate of drug-likeness (QED) is 0.0302. The lowest BCUT2D eigenvalue weighted by atomic mass is 9.96. The highest BCUT2D eigenvalue weighted by molar-refractivity contribution is 5.76. The number of ether oxygens (including phenoxy) is 8. The molecule has 0 aromatic heterocycles. The topological polar surface area (TPSA) is 103 Å². The van der Waals surface area contributed by atoms with Gasteiger partial charge in [0.25, 0.3) is 0 Å². The van der Waals surface area contributed by atoms with E-state index in [1.54, 1.807) is 0 Å². The zero-order chi connectivity index (χ0) is 55.8. The molecule has 0 saturated carbocycles. The van der Waals surface area contributed by atoms with Crippen LogP contribution in [0.2, 0.25) is 0 Å². The van der Waals surface area contributed by atoms with Gasteiger partial charge in [0.1, 0.15) is 30.5 Å². The van der Waals surface area contributed by atoms with E-state index in [0.717, 1.165) is 66.3 Å². The standard InChI is InChI=1S/C71H89NO9/c1-2-3-4-5-6-7-8-9-10-11-12-33-48-63(74-50-57-38-23-14-24-39-57)66(75-51-58-40-25-15-26-41-58)62(72-65(73)49-34-18-22-37-56-35-20-13-21-36-56)54-78-71-69(77-53-60-44-29-17-30-45-60)68(76-52-59-42-27-16-28-43-59)67-64(80-71)55-79-70(81-67)61-46-31-19-32-47-61/h12-17,19-21,23-33,35-36,38-47,62-64,66-71H,2-11,18,22,34,37,48-55H2,1H3,(H,72,73)/t62-,63+,64+,66-,67-,68-,69+,70?,71-/m0/s1. The maximum absolute atomic E-state index is 14.5. The maximum Gasteiger partial charge on any atom is 0.220 e. The summed E-state index contributed by atoms with van der Waals surface area (Å²) >= 11 is 0. The van der Waals surface area contributed by atoms with E-state index in [0.29, 0.717) is 32.7 Å². The van der Waals surface area contributed by atoms with Crippen molar-refractivity contribution in [1.29, 1.82) is 0 Å². The SMILES string of the molecule is CCCCCCCCCCCC=CC[C@@H](OCc1ccccc1)[C@@H](OCc1ccccc1)[C@H](CO[C@H]1O[C@@H]2COC(c3ccccc3)O[C@@H]2[C@H](OCc2ccccc2)[C@H]1OCc1ccccc1)NC(=O)CCCCCc1ccccc1. The summed E-state index contributed by atoms with van der Waals surface area (Å²) in [4.78, 5) is 14.5. The number of allylic oxidation sites excluding steroid dienone is 1. The van der Waals surface area contributed by atoms with Gasteiger partial charge in [0.2, 0.25) is 5.91 Å². The molecule has 2 heterocycles. The Labute approximate surface area is 483 Å². The smallest absolute Gasteiger partial charge is 0.220 e. The summed E-state index contributed by atoms with van der Waals surface area (Å²) in [5.41, 5.74) is 6.26. The molecule has 0 bridgehead atoms. The number of rotatable bonds is 37. The van der Waals surface area contributed by atoms with Gasteiger partial charge in [0.05, 0.1) is 51.8 Å². The van der Waals surface area contributed by atoms with Crippen LogP contribution in [0.4, 0.5) is 0 Å². The Bertz CT molecular complexity index is 2590. The van der Waals surface area contributed by atoms with Crippen LogP contribution in [-0.4, -0.2) is 68.1 Å². The van der Waals surface area contributed by atoms with Crippen molar-refractivity contribution in [3.63, 3.8) is 0 Å². The van der Waals surface area contributed by atoms with Gasteiger partial charge in [-0.25, -0.2) is 0 Å². The highest BCUT2D eigenvalue weighted by Gasteiger charge is 2.52. The van der Waals surface area contributed by atoms with Crippen LogP contribution in [0.25, 0.3) is 0 Å². The van der Waals surface area contributed by atoms with Crippen molar-refractivity contribution >= 4 is 5.91 Å². The minimum absolute atomic E-state index is 0.0135. The molecule has 9 atom stereocenters. The van der Waals surface area contributed by atoms with Gasteiger partial charge in [-0.2, -0.15) is 0 Å². The largest absolute Gasteiger partial charge is 0.370 e. The van der Waals surface area contributed by atoms with Crippen LogP contribution in [0.15, 0.2) is 194 Å². The fraction of sp³-hybridized carbons (Fsp3) is 0.451. The number of amides is 1. The molecule has 2 aliphatic heterocycles. The van der Waals surface area contributed by atoms with Crippen molar-refractivity contribution < 1.29 is 42.7 Å². The zero-order valence-electron chi connectivity index (χ0n) is 47.9. The van der Waals surface area contributed by atoms with Crippen LogP contribution in [0, 0.1) is 0 Å².